The molecule has 5 rings (SSSR count). The predicted molar refractivity (Wildman–Crippen MR) is 130 cm³/mol. The van der Waals surface area contributed by atoms with E-state index in [1.165, 1.54) is 18.2 Å². The number of aromatic nitrogens is 1. The maximum absolute atomic E-state index is 13.0. The van der Waals surface area contributed by atoms with Crippen LogP contribution in [0.25, 0.3) is 10.9 Å². The van der Waals surface area contributed by atoms with Gasteiger partial charge < -0.3 is 10.6 Å². The molecule has 0 aliphatic carbocycles. The molecule has 0 saturated carbocycles. The maximum atomic E-state index is 13.0. The van der Waals surface area contributed by atoms with Gasteiger partial charge >= 0.3 is 6.03 Å². The van der Waals surface area contributed by atoms with Crippen LogP contribution in [0, 0.1) is 0 Å². The average Bonchev–Trinajstić information content (AvgIpc) is 3.08. The van der Waals surface area contributed by atoms with Crippen molar-refractivity contribution in [3.8, 4) is 0 Å². The molecule has 0 spiro atoms. The van der Waals surface area contributed by atoms with Crippen molar-refractivity contribution < 1.29 is 24.0 Å². The summed E-state index contributed by atoms with van der Waals surface area (Å²) in [6.45, 7) is 3.74. The summed E-state index contributed by atoms with van der Waals surface area (Å²) >= 11 is 0. The molecule has 0 radical (unpaired) electrons. The van der Waals surface area contributed by atoms with E-state index < -0.39 is 41.2 Å². The fourth-order valence-corrected chi connectivity index (χ4v) is 4.53. The number of nitrogens with one attached hydrogen (secondary N) is 3. The van der Waals surface area contributed by atoms with Crippen LogP contribution in [0.2, 0.25) is 0 Å². The largest absolute Gasteiger partial charge is 0.329 e. The highest BCUT2D eigenvalue weighted by Gasteiger charge is 2.44. The Labute approximate surface area is 206 Å². The normalized spacial score (nSPS) is 17.7. The lowest BCUT2D eigenvalue weighted by Crippen LogP contribution is -2.54. The second-order valence-corrected chi connectivity index (χ2v) is 9.32. The van der Waals surface area contributed by atoms with Gasteiger partial charge in [-0.2, -0.15) is 0 Å². The van der Waals surface area contributed by atoms with Gasteiger partial charge in [0.25, 0.3) is 11.8 Å². The minimum atomic E-state index is -1.05. The Morgan fingerprint density at radius 3 is 2.58 bits per heavy atom. The van der Waals surface area contributed by atoms with Crippen molar-refractivity contribution in [2.45, 2.75) is 38.3 Å². The number of amides is 6. The molecular formula is C26H23N5O5. The number of nitrogens with zero attached hydrogens (tertiary/aromatic N) is 2. The van der Waals surface area contributed by atoms with Gasteiger partial charge in [0.15, 0.2) is 0 Å². The van der Waals surface area contributed by atoms with Crippen molar-refractivity contribution in [1.82, 2.24) is 20.5 Å². The van der Waals surface area contributed by atoms with E-state index in [1.54, 1.807) is 6.20 Å². The summed E-state index contributed by atoms with van der Waals surface area (Å²) in [5, 5.41) is 8.75. The van der Waals surface area contributed by atoms with E-state index in [4.69, 9.17) is 0 Å². The number of anilines is 1. The first-order valence-electron chi connectivity index (χ1n) is 11.4. The number of benzene rings is 2. The number of imide groups is 2. The highest BCUT2D eigenvalue weighted by molar-refractivity contribution is 6.23. The number of fused-ring (bicyclic) bond motifs is 2. The zero-order chi connectivity index (χ0) is 25.6. The van der Waals surface area contributed by atoms with Crippen LogP contribution in [0.1, 0.15) is 53.0 Å². The van der Waals surface area contributed by atoms with Crippen LogP contribution < -0.4 is 16.0 Å². The third-order valence-electron chi connectivity index (χ3n) is 6.45. The molecule has 1 fully saturated rings. The Morgan fingerprint density at radius 1 is 1.03 bits per heavy atom. The fourth-order valence-electron chi connectivity index (χ4n) is 4.53. The minimum Gasteiger partial charge on any atom is -0.329 e. The van der Waals surface area contributed by atoms with Crippen molar-refractivity contribution >= 4 is 46.3 Å². The standard InChI is InChI=1S/C26H23N5O5/c1-26(2,15-5-8-19-14(12-15)4-3-11-27-19)30-25(36)28-16-6-7-17-18(13-16)24(35)31(23(17)34)20-9-10-21(32)29-22(20)33/h3-8,11-13,20H,9-10H2,1-2H3,(H2,28,30,36)(H,29,32,33). The van der Waals surface area contributed by atoms with Crippen LogP contribution in [-0.4, -0.2) is 45.6 Å². The van der Waals surface area contributed by atoms with Crippen LogP contribution >= 0.6 is 0 Å². The summed E-state index contributed by atoms with van der Waals surface area (Å²) in [6, 6.07) is 12.4. The van der Waals surface area contributed by atoms with Crippen LogP contribution in [0.3, 0.4) is 0 Å². The van der Waals surface area contributed by atoms with E-state index >= 15 is 0 Å². The van der Waals surface area contributed by atoms with E-state index in [2.05, 4.69) is 20.9 Å². The molecule has 3 aromatic rings. The molecular weight excluding hydrogens is 462 g/mol. The highest BCUT2D eigenvalue weighted by Crippen LogP contribution is 2.30. The summed E-state index contributed by atoms with van der Waals surface area (Å²) in [5.74, 6) is -2.36. The topological polar surface area (TPSA) is 138 Å². The lowest BCUT2D eigenvalue weighted by molar-refractivity contribution is -0.136. The summed E-state index contributed by atoms with van der Waals surface area (Å²) in [4.78, 5) is 67.5. The highest BCUT2D eigenvalue weighted by atomic mass is 16.2. The zero-order valence-electron chi connectivity index (χ0n) is 19.6. The van der Waals surface area contributed by atoms with E-state index in [0.717, 1.165) is 21.4 Å². The Bertz CT molecular complexity index is 1460. The molecule has 6 amide bonds. The summed E-state index contributed by atoms with van der Waals surface area (Å²) < 4.78 is 0. The van der Waals surface area contributed by atoms with Crippen LogP contribution in [0.5, 0.6) is 0 Å². The van der Waals surface area contributed by atoms with E-state index in [9.17, 15) is 24.0 Å². The van der Waals surface area contributed by atoms with Crippen molar-refractivity contribution in [1.29, 1.82) is 0 Å². The molecule has 36 heavy (non-hydrogen) atoms. The molecule has 3 N–H and O–H groups in total. The Hall–Kier alpha value is -4.60. The Balaban J connectivity index is 1.31. The first-order chi connectivity index (χ1) is 17.1. The number of hydrogen-bond donors (Lipinski definition) is 3. The van der Waals surface area contributed by atoms with Gasteiger partial charge in [-0.05, 0) is 62.2 Å². The lowest BCUT2D eigenvalue weighted by Gasteiger charge is -2.27. The van der Waals surface area contributed by atoms with Gasteiger partial charge in [-0.25, -0.2) is 4.79 Å². The smallest absolute Gasteiger partial charge is 0.319 e. The SMILES string of the molecule is CC(C)(NC(=O)Nc1ccc2c(c1)C(=O)N(C1CCC(=O)NC1=O)C2=O)c1ccc2ncccc2c1. The lowest BCUT2D eigenvalue weighted by atomic mass is 9.93. The molecule has 1 saturated heterocycles. The first kappa shape index (κ1) is 23.2. The number of carbonyl (C=O) groups excluding carboxylic acids is 5. The number of carbonyl (C=O) groups is 5. The first-order valence-corrected chi connectivity index (χ1v) is 11.4. The van der Waals surface area contributed by atoms with Crippen LogP contribution in [0.15, 0.2) is 54.7 Å². The quantitative estimate of drug-likeness (QED) is 0.486. The summed E-state index contributed by atoms with van der Waals surface area (Å²) in [7, 11) is 0. The van der Waals surface area contributed by atoms with E-state index in [0.29, 0.717) is 5.69 Å². The minimum absolute atomic E-state index is 0.0420. The van der Waals surface area contributed by atoms with Gasteiger partial charge in [-0.1, -0.05) is 12.1 Å². The molecule has 2 aromatic carbocycles. The maximum Gasteiger partial charge on any atom is 0.319 e. The van der Waals surface area contributed by atoms with Crippen molar-refractivity contribution in [2.75, 3.05) is 5.32 Å². The molecule has 0 bridgehead atoms. The third-order valence-corrected chi connectivity index (χ3v) is 6.45. The fraction of sp³-hybridized carbons (Fsp3) is 0.231. The van der Waals surface area contributed by atoms with Crippen molar-refractivity contribution in [3.05, 3.63) is 71.4 Å². The molecule has 10 heteroatoms. The molecule has 182 valence electrons. The number of piperidine rings is 1. The van der Waals surface area contributed by atoms with Crippen molar-refractivity contribution in [3.63, 3.8) is 0 Å². The molecule has 2 aliphatic heterocycles. The molecule has 10 nitrogen and oxygen atoms in total. The molecule has 3 heterocycles. The number of urea groups is 1. The van der Waals surface area contributed by atoms with E-state index in [-0.39, 0.29) is 24.0 Å². The summed E-state index contributed by atoms with van der Waals surface area (Å²) in [5.41, 5.74) is 1.55. The van der Waals surface area contributed by atoms with Gasteiger partial charge in [-0.15, -0.1) is 0 Å². The van der Waals surface area contributed by atoms with Crippen LogP contribution in [-0.2, 0) is 15.1 Å². The van der Waals surface area contributed by atoms with Gasteiger partial charge in [-0.3, -0.25) is 34.4 Å². The predicted octanol–water partition coefficient (Wildman–Crippen LogP) is 2.69. The van der Waals surface area contributed by atoms with Crippen LogP contribution in [0.4, 0.5) is 10.5 Å². The van der Waals surface area contributed by atoms with Gasteiger partial charge in [0, 0.05) is 23.7 Å². The Morgan fingerprint density at radius 2 is 1.81 bits per heavy atom. The number of pyridine rings is 1. The van der Waals surface area contributed by atoms with Crippen molar-refractivity contribution in [2.24, 2.45) is 0 Å². The molecule has 1 atom stereocenters. The van der Waals surface area contributed by atoms with Gasteiger partial charge in [0.2, 0.25) is 11.8 Å². The molecule has 1 aromatic heterocycles. The van der Waals surface area contributed by atoms with E-state index in [1.807, 2.05) is 44.2 Å². The monoisotopic (exact) mass is 485 g/mol. The molecule has 2 aliphatic rings. The van der Waals surface area contributed by atoms with Gasteiger partial charge in [0.05, 0.1) is 22.2 Å². The van der Waals surface area contributed by atoms with Gasteiger partial charge in [0.1, 0.15) is 6.04 Å². The molecule has 1 unspecified atom stereocenters. The zero-order valence-corrected chi connectivity index (χ0v) is 19.6. The second kappa shape index (κ2) is 8.56. The second-order valence-electron chi connectivity index (χ2n) is 9.32. The average molecular weight is 486 g/mol. The third kappa shape index (κ3) is 4.06. The summed E-state index contributed by atoms with van der Waals surface area (Å²) in [6.07, 6.45) is 1.84. The number of rotatable bonds is 4. The Kier molecular flexibility index (Phi) is 5.51. The number of hydrogen-bond acceptors (Lipinski definition) is 6.